The minimum Gasteiger partial charge on any atom is -0.294 e. The van der Waals surface area contributed by atoms with Gasteiger partial charge in [-0.05, 0) is 29.8 Å². The van der Waals surface area contributed by atoms with Crippen molar-refractivity contribution in [3.05, 3.63) is 67.6 Å². The van der Waals surface area contributed by atoms with E-state index in [9.17, 15) is 4.79 Å². The lowest BCUT2D eigenvalue weighted by Gasteiger charge is -2.06. The van der Waals surface area contributed by atoms with Crippen molar-refractivity contribution in [2.75, 3.05) is 0 Å². The van der Waals surface area contributed by atoms with Gasteiger partial charge in [0, 0.05) is 22.0 Å². The molecule has 2 rings (SSSR count). The Morgan fingerprint density at radius 1 is 0.947 bits per heavy atom. The smallest absolute Gasteiger partial charge is 0.167 e. The van der Waals surface area contributed by atoms with E-state index in [0.717, 1.165) is 0 Å². The molecular weight excluding hydrogens is 326 g/mol. The van der Waals surface area contributed by atoms with Gasteiger partial charge < -0.3 is 0 Å². The van der Waals surface area contributed by atoms with Gasteiger partial charge in [-0.15, -0.1) is 0 Å². The molecule has 0 aromatic heterocycles. The van der Waals surface area contributed by atoms with Crippen LogP contribution >= 0.6 is 46.4 Å². The summed E-state index contributed by atoms with van der Waals surface area (Å²) in [6.07, 6.45) is 0.149. The minimum absolute atomic E-state index is 0.117. The van der Waals surface area contributed by atoms with Gasteiger partial charge in [0.25, 0.3) is 0 Å². The third-order valence-electron chi connectivity index (χ3n) is 2.57. The molecule has 98 valence electrons. The third-order valence-corrected chi connectivity index (χ3v) is 3.86. The highest BCUT2D eigenvalue weighted by molar-refractivity contribution is 6.42. The molecular formula is C14H8Cl4O. The van der Waals surface area contributed by atoms with E-state index in [-0.39, 0.29) is 12.2 Å². The fourth-order valence-corrected chi connectivity index (χ4v) is 2.59. The molecule has 0 spiro atoms. The van der Waals surface area contributed by atoms with Crippen LogP contribution in [0.3, 0.4) is 0 Å². The molecule has 0 aliphatic heterocycles. The summed E-state index contributed by atoms with van der Waals surface area (Å²) < 4.78 is 0. The second-order valence-electron chi connectivity index (χ2n) is 3.97. The summed E-state index contributed by atoms with van der Waals surface area (Å²) in [5, 5.41) is 1.67. The number of Topliss-reactive ketones (excluding diaryl/α,β-unsaturated/α-hetero) is 1. The number of ketones is 1. The highest BCUT2D eigenvalue weighted by Crippen LogP contribution is 2.27. The van der Waals surface area contributed by atoms with Crippen LogP contribution in [0.15, 0.2) is 36.4 Å². The third kappa shape index (κ3) is 3.64. The number of halogens is 4. The molecule has 0 unspecified atom stereocenters. The SMILES string of the molecule is O=C(Cc1cccc(Cl)c1Cl)c1cc(Cl)cc(Cl)c1. The van der Waals surface area contributed by atoms with Crippen molar-refractivity contribution in [2.24, 2.45) is 0 Å². The lowest BCUT2D eigenvalue weighted by atomic mass is 10.0. The summed E-state index contributed by atoms with van der Waals surface area (Å²) in [7, 11) is 0. The molecule has 0 saturated heterocycles. The molecule has 1 nitrogen and oxygen atoms in total. The van der Waals surface area contributed by atoms with Gasteiger partial charge in [0.2, 0.25) is 0 Å². The number of benzene rings is 2. The molecule has 19 heavy (non-hydrogen) atoms. The van der Waals surface area contributed by atoms with Crippen LogP contribution in [-0.4, -0.2) is 5.78 Å². The average Bonchev–Trinajstić information content (AvgIpc) is 2.33. The Bertz CT molecular complexity index is 617. The van der Waals surface area contributed by atoms with E-state index in [4.69, 9.17) is 46.4 Å². The highest BCUT2D eigenvalue weighted by atomic mass is 35.5. The Labute approximate surface area is 131 Å². The minimum atomic E-state index is -0.117. The lowest BCUT2D eigenvalue weighted by Crippen LogP contribution is -2.04. The molecule has 0 fully saturated rings. The topological polar surface area (TPSA) is 17.1 Å². The summed E-state index contributed by atoms with van der Waals surface area (Å²) in [6.45, 7) is 0. The summed E-state index contributed by atoms with van der Waals surface area (Å²) in [4.78, 5) is 12.2. The van der Waals surface area contributed by atoms with Gasteiger partial charge >= 0.3 is 0 Å². The Morgan fingerprint density at radius 2 is 1.58 bits per heavy atom. The van der Waals surface area contributed by atoms with Crippen LogP contribution in [0, 0.1) is 0 Å². The van der Waals surface area contributed by atoms with Gasteiger partial charge in [-0.25, -0.2) is 0 Å². The first-order chi connectivity index (χ1) is 8.97. The molecule has 0 N–H and O–H groups in total. The number of hydrogen-bond donors (Lipinski definition) is 0. The first kappa shape index (κ1) is 14.7. The Balaban J connectivity index is 2.28. The van der Waals surface area contributed by atoms with E-state index in [1.807, 2.05) is 0 Å². The van der Waals surface area contributed by atoms with Crippen molar-refractivity contribution < 1.29 is 4.79 Å². The largest absolute Gasteiger partial charge is 0.294 e. The quantitative estimate of drug-likeness (QED) is 0.656. The van der Waals surface area contributed by atoms with E-state index < -0.39 is 0 Å². The molecule has 0 amide bonds. The number of carbonyl (C=O) groups excluding carboxylic acids is 1. The standard InChI is InChI=1S/C14H8Cl4O/c15-10-4-9(5-11(16)7-10)13(19)6-8-2-1-3-12(17)14(8)18/h1-5,7H,6H2. The van der Waals surface area contributed by atoms with E-state index in [2.05, 4.69) is 0 Å². The molecule has 0 aliphatic carbocycles. The second-order valence-corrected chi connectivity index (χ2v) is 5.63. The van der Waals surface area contributed by atoms with Crippen LogP contribution in [-0.2, 0) is 6.42 Å². The van der Waals surface area contributed by atoms with E-state index in [0.29, 0.717) is 31.2 Å². The monoisotopic (exact) mass is 332 g/mol. The molecule has 0 aliphatic rings. The predicted molar refractivity (Wildman–Crippen MR) is 81.0 cm³/mol. The lowest BCUT2D eigenvalue weighted by molar-refractivity contribution is 0.0993. The van der Waals surface area contributed by atoms with Crippen LogP contribution in [0.4, 0.5) is 0 Å². The van der Waals surface area contributed by atoms with Crippen LogP contribution in [0.2, 0.25) is 20.1 Å². The Hall–Kier alpha value is -0.730. The molecule has 0 heterocycles. The van der Waals surface area contributed by atoms with Gasteiger partial charge in [-0.3, -0.25) is 4.79 Å². The second kappa shape index (κ2) is 6.15. The van der Waals surface area contributed by atoms with Crippen molar-refractivity contribution >= 4 is 52.2 Å². The predicted octanol–water partition coefficient (Wildman–Crippen LogP) is 5.73. The first-order valence-electron chi connectivity index (χ1n) is 5.39. The van der Waals surface area contributed by atoms with Gasteiger partial charge in [0.15, 0.2) is 5.78 Å². The number of carbonyl (C=O) groups is 1. The Kier molecular flexibility index (Phi) is 4.75. The zero-order valence-corrected chi connectivity index (χ0v) is 12.6. The maximum atomic E-state index is 12.2. The first-order valence-corrected chi connectivity index (χ1v) is 6.91. The zero-order chi connectivity index (χ0) is 14.0. The van der Waals surface area contributed by atoms with Crippen LogP contribution in [0.1, 0.15) is 15.9 Å². The molecule has 0 bridgehead atoms. The van der Waals surface area contributed by atoms with E-state index in [1.165, 1.54) is 0 Å². The summed E-state index contributed by atoms with van der Waals surface area (Å²) in [5.41, 5.74) is 1.13. The normalized spacial score (nSPS) is 10.5. The zero-order valence-electron chi connectivity index (χ0n) is 9.59. The molecule has 2 aromatic carbocycles. The van der Waals surface area contributed by atoms with Crippen molar-refractivity contribution in [2.45, 2.75) is 6.42 Å². The highest BCUT2D eigenvalue weighted by Gasteiger charge is 2.12. The molecule has 0 radical (unpaired) electrons. The summed E-state index contributed by atoms with van der Waals surface area (Å²) in [6, 6.07) is 9.92. The fraction of sp³-hybridized carbons (Fsp3) is 0.0714. The van der Waals surface area contributed by atoms with Crippen LogP contribution in [0.5, 0.6) is 0 Å². The summed E-state index contributed by atoms with van der Waals surface area (Å²) >= 11 is 23.7. The molecule has 2 aromatic rings. The maximum absolute atomic E-state index is 12.2. The van der Waals surface area contributed by atoms with Crippen LogP contribution < -0.4 is 0 Å². The van der Waals surface area contributed by atoms with Crippen molar-refractivity contribution in [3.63, 3.8) is 0 Å². The average molecular weight is 334 g/mol. The van der Waals surface area contributed by atoms with Crippen molar-refractivity contribution in [1.29, 1.82) is 0 Å². The van der Waals surface area contributed by atoms with E-state index >= 15 is 0 Å². The molecule has 5 heteroatoms. The van der Waals surface area contributed by atoms with Gasteiger partial charge in [0.1, 0.15) is 0 Å². The van der Waals surface area contributed by atoms with Crippen molar-refractivity contribution in [3.8, 4) is 0 Å². The number of hydrogen-bond acceptors (Lipinski definition) is 1. The van der Waals surface area contributed by atoms with Crippen molar-refractivity contribution in [1.82, 2.24) is 0 Å². The Morgan fingerprint density at radius 3 is 2.21 bits per heavy atom. The van der Waals surface area contributed by atoms with E-state index in [1.54, 1.807) is 36.4 Å². The van der Waals surface area contributed by atoms with Gasteiger partial charge in [0.05, 0.1) is 10.0 Å². The van der Waals surface area contributed by atoms with Gasteiger partial charge in [-0.2, -0.15) is 0 Å². The van der Waals surface area contributed by atoms with Crippen LogP contribution in [0.25, 0.3) is 0 Å². The molecule has 0 saturated carbocycles. The van der Waals surface area contributed by atoms with Gasteiger partial charge in [-0.1, -0.05) is 58.5 Å². The number of rotatable bonds is 3. The fourth-order valence-electron chi connectivity index (χ4n) is 1.67. The summed E-state index contributed by atoms with van der Waals surface area (Å²) in [5.74, 6) is -0.117. The molecule has 0 atom stereocenters. The maximum Gasteiger partial charge on any atom is 0.167 e.